The molecular formula is C14H19NO4. The molecule has 0 aliphatic carbocycles. The van der Waals surface area contributed by atoms with Crippen molar-refractivity contribution in [3.8, 4) is 0 Å². The summed E-state index contributed by atoms with van der Waals surface area (Å²) in [6.45, 7) is 4.08. The highest BCUT2D eigenvalue weighted by Crippen LogP contribution is 2.19. The number of esters is 2. The van der Waals surface area contributed by atoms with Gasteiger partial charge in [0, 0.05) is 24.4 Å². The number of pyridine rings is 1. The molecule has 5 nitrogen and oxygen atoms in total. The molecule has 0 fully saturated rings. The van der Waals surface area contributed by atoms with Crippen LogP contribution in [-0.2, 0) is 19.1 Å². The van der Waals surface area contributed by atoms with Crippen LogP contribution in [0.25, 0.3) is 0 Å². The van der Waals surface area contributed by atoms with E-state index in [1.54, 1.807) is 24.5 Å². The molecule has 1 unspecified atom stereocenters. The molecule has 0 N–H and O–H groups in total. The number of hydrogen-bond acceptors (Lipinski definition) is 5. The molecular weight excluding hydrogens is 246 g/mol. The van der Waals surface area contributed by atoms with Crippen LogP contribution in [0.1, 0.15) is 44.8 Å². The van der Waals surface area contributed by atoms with E-state index in [0.717, 1.165) is 6.42 Å². The highest BCUT2D eigenvalue weighted by atomic mass is 16.6. The molecule has 1 aromatic heterocycles. The number of carbonyl (C=O) groups excluding carboxylic acids is 2. The lowest BCUT2D eigenvalue weighted by Gasteiger charge is -2.16. The molecule has 1 rings (SSSR count). The van der Waals surface area contributed by atoms with Crippen LogP contribution < -0.4 is 0 Å². The van der Waals surface area contributed by atoms with Gasteiger partial charge >= 0.3 is 11.9 Å². The van der Waals surface area contributed by atoms with Crippen LogP contribution >= 0.6 is 0 Å². The van der Waals surface area contributed by atoms with Gasteiger partial charge in [-0.25, -0.2) is 4.79 Å². The maximum absolute atomic E-state index is 11.9. The Kier molecular flexibility index (Phi) is 6.57. The standard InChI is InChI=1S/C14H19NO4/c1-3-5-12(16)19-13(14(17)18-10-4-2)11-6-8-15-9-7-11/h6-9,13H,3-5,10H2,1-2H3. The van der Waals surface area contributed by atoms with Gasteiger partial charge in [-0.05, 0) is 25.0 Å². The van der Waals surface area contributed by atoms with Crippen molar-refractivity contribution in [3.05, 3.63) is 30.1 Å². The molecule has 0 saturated carbocycles. The summed E-state index contributed by atoms with van der Waals surface area (Å²) in [6.07, 6.45) is 3.76. The summed E-state index contributed by atoms with van der Waals surface area (Å²) in [6, 6.07) is 3.27. The van der Waals surface area contributed by atoms with Gasteiger partial charge in [0.25, 0.3) is 0 Å². The first-order valence-electron chi connectivity index (χ1n) is 6.45. The molecule has 0 aromatic carbocycles. The quantitative estimate of drug-likeness (QED) is 0.708. The molecule has 104 valence electrons. The molecule has 1 aromatic rings. The number of carbonyl (C=O) groups is 2. The molecule has 0 saturated heterocycles. The molecule has 0 amide bonds. The van der Waals surface area contributed by atoms with Crippen LogP contribution in [-0.4, -0.2) is 23.5 Å². The molecule has 0 aliphatic heterocycles. The Morgan fingerprint density at radius 3 is 2.47 bits per heavy atom. The minimum absolute atomic E-state index is 0.280. The van der Waals surface area contributed by atoms with E-state index in [-0.39, 0.29) is 6.42 Å². The van der Waals surface area contributed by atoms with Gasteiger partial charge in [-0.3, -0.25) is 9.78 Å². The average molecular weight is 265 g/mol. The summed E-state index contributed by atoms with van der Waals surface area (Å²) in [5.74, 6) is -0.949. The molecule has 1 atom stereocenters. The molecule has 0 spiro atoms. The third kappa shape index (κ3) is 5.07. The van der Waals surface area contributed by atoms with E-state index < -0.39 is 18.0 Å². The van der Waals surface area contributed by atoms with Crippen LogP contribution in [0.2, 0.25) is 0 Å². The zero-order valence-electron chi connectivity index (χ0n) is 11.3. The molecule has 19 heavy (non-hydrogen) atoms. The van der Waals surface area contributed by atoms with Crippen molar-refractivity contribution < 1.29 is 19.1 Å². The highest BCUT2D eigenvalue weighted by molar-refractivity contribution is 5.80. The Labute approximate surface area is 112 Å². The summed E-state index contributed by atoms with van der Waals surface area (Å²) < 4.78 is 10.2. The topological polar surface area (TPSA) is 65.5 Å². The summed E-state index contributed by atoms with van der Waals surface area (Å²) in [5.41, 5.74) is 0.570. The normalized spacial score (nSPS) is 11.7. The molecule has 5 heteroatoms. The predicted octanol–water partition coefficient (Wildman–Crippen LogP) is 2.42. The lowest BCUT2D eigenvalue weighted by Crippen LogP contribution is -2.22. The van der Waals surface area contributed by atoms with Crippen molar-refractivity contribution in [2.45, 2.75) is 39.2 Å². The fourth-order valence-corrected chi connectivity index (χ4v) is 1.46. The largest absolute Gasteiger partial charge is 0.463 e. The average Bonchev–Trinajstić information content (AvgIpc) is 2.43. The molecule has 1 heterocycles. The van der Waals surface area contributed by atoms with Gasteiger partial charge in [0.05, 0.1) is 6.61 Å². The highest BCUT2D eigenvalue weighted by Gasteiger charge is 2.26. The van der Waals surface area contributed by atoms with Crippen LogP contribution in [0.3, 0.4) is 0 Å². The van der Waals surface area contributed by atoms with Crippen molar-refractivity contribution in [2.24, 2.45) is 0 Å². The minimum atomic E-state index is -1.01. The van der Waals surface area contributed by atoms with E-state index in [9.17, 15) is 9.59 Å². The zero-order valence-corrected chi connectivity index (χ0v) is 11.3. The van der Waals surface area contributed by atoms with Crippen LogP contribution in [0.5, 0.6) is 0 Å². The van der Waals surface area contributed by atoms with Crippen LogP contribution in [0.4, 0.5) is 0 Å². The van der Waals surface area contributed by atoms with Gasteiger partial charge in [-0.1, -0.05) is 13.8 Å². The number of aromatic nitrogens is 1. The van der Waals surface area contributed by atoms with Crippen molar-refractivity contribution >= 4 is 11.9 Å². The fourth-order valence-electron chi connectivity index (χ4n) is 1.46. The van der Waals surface area contributed by atoms with E-state index in [1.165, 1.54) is 0 Å². The van der Waals surface area contributed by atoms with Gasteiger partial charge in [-0.2, -0.15) is 0 Å². The van der Waals surface area contributed by atoms with E-state index in [4.69, 9.17) is 9.47 Å². The zero-order chi connectivity index (χ0) is 14.1. The van der Waals surface area contributed by atoms with Gasteiger partial charge in [0.15, 0.2) is 0 Å². The number of rotatable bonds is 7. The van der Waals surface area contributed by atoms with Crippen LogP contribution in [0, 0.1) is 0 Å². The van der Waals surface area contributed by atoms with Gasteiger partial charge in [0.1, 0.15) is 0 Å². The SMILES string of the molecule is CCCOC(=O)C(OC(=O)CCC)c1ccncc1. The minimum Gasteiger partial charge on any atom is -0.463 e. The second kappa shape index (κ2) is 8.24. The van der Waals surface area contributed by atoms with Gasteiger partial charge in [-0.15, -0.1) is 0 Å². The summed E-state index contributed by atoms with van der Waals surface area (Å²) >= 11 is 0. The van der Waals surface area contributed by atoms with Crippen molar-refractivity contribution in [3.63, 3.8) is 0 Å². The lowest BCUT2D eigenvalue weighted by atomic mass is 10.1. The maximum atomic E-state index is 11.9. The van der Waals surface area contributed by atoms with E-state index in [0.29, 0.717) is 18.6 Å². The van der Waals surface area contributed by atoms with Gasteiger partial charge in [0.2, 0.25) is 6.10 Å². The second-order valence-corrected chi connectivity index (χ2v) is 4.07. The van der Waals surface area contributed by atoms with Crippen LogP contribution in [0.15, 0.2) is 24.5 Å². The van der Waals surface area contributed by atoms with E-state index in [1.807, 2.05) is 13.8 Å². The predicted molar refractivity (Wildman–Crippen MR) is 69.2 cm³/mol. The number of nitrogens with zero attached hydrogens (tertiary/aromatic N) is 1. The van der Waals surface area contributed by atoms with Crippen molar-refractivity contribution in [1.29, 1.82) is 0 Å². The first-order valence-corrected chi connectivity index (χ1v) is 6.45. The summed E-state index contributed by atoms with van der Waals surface area (Å²) in [7, 11) is 0. The Bertz CT molecular complexity index is 405. The Hall–Kier alpha value is -1.91. The third-order valence-corrected chi connectivity index (χ3v) is 2.37. The lowest BCUT2D eigenvalue weighted by molar-refractivity contribution is -0.168. The Balaban J connectivity index is 2.79. The second-order valence-electron chi connectivity index (χ2n) is 4.07. The first kappa shape index (κ1) is 15.1. The Morgan fingerprint density at radius 1 is 1.21 bits per heavy atom. The van der Waals surface area contributed by atoms with E-state index in [2.05, 4.69) is 4.98 Å². The molecule has 0 bridgehead atoms. The molecule has 0 aliphatic rings. The number of ether oxygens (including phenoxy) is 2. The van der Waals surface area contributed by atoms with E-state index >= 15 is 0 Å². The maximum Gasteiger partial charge on any atom is 0.352 e. The smallest absolute Gasteiger partial charge is 0.352 e. The molecule has 0 radical (unpaired) electrons. The monoisotopic (exact) mass is 265 g/mol. The summed E-state index contributed by atoms with van der Waals surface area (Å²) in [5, 5.41) is 0. The third-order valence-electron chi connectivity index (χ3n) is 2.37. The van der Waals surface area contributed by atoms with Crippen molar-refractivity contribution in [2.75, 3.05) is 6.61 Å². The van der Waals surface area contributed by atoms with Crippen molar-refractivity contribution in [1.82, 2.24) is 4.98 Å². The number of hydrogen-bond donors (Lipinski definition) is 0. The summed E-state index contributed by atoms with van der Waals surface area (Å²) in [4.78, 5) is 27.4. The Morgan fingerprint density at radius 2 is 1.89 bits per heavy atom. The van der Waals surface area contributed by atoms with Gasteiger partial charge < -0.3 is 9.47 Å². The first-order chi connectivity index (χ1) is 9.19. The fraction of sp³-hybridized carbons (Fsp3) is 0.500.